The maximum Gasteiger partial charge on any atom is 0.106 e. The van der Waals surface area contributed by atoms with Gasteiger partial charge in [0.1, 0.15) is 5.01 Å². The summed E-state index contributed by atoms with van der Waals surface area (Å²) >= 11 is 1.70. The molecule has 1 N–H and O–H groups in total. The first-order chi connectivity index (χ1) is 9.43. The highest BCUT2D eigenvalue weighted by Gasteiger charge is 1.99. The summed E-state index contributed by atoms with van der Waals surface area (Å²) in [6.07, 6.45) is 5.16. The van der Waals surface area contributed by atoms with Crippen LogP contribution in [-0.2, 0) is 13.1 Å². The fraction of sp³-hybridized carbons (Fsp3) is 0.267. The van der Waals surface area contributed by atoms with Gasteiger partial charge < -0.3 is 9.88 Å². The molecule has 0 bridgehead atoms. The van der Waals surface area contributed by atoms with Crippen LogP contribution in [0.2, 0.25) is 0 Å². The molecule has 0 amide bonds. The van der Waals surface area contributed by atoms with Crippen LogP contribution in [0.15, 0.2) is 48.1 Å². The number of aryl methyl sites for hydroxylation is 1. The number of aromatic nitrogens is 2. The molecular weight excluding hydrogens is 254 g/mol. The quantitative estimate of drug-likeness (QED) is 0.697. The Hall–Kier alpha value is -1.65. The standard InChI is InChI=1S/C15H17N3S/c1-2-5-14-13(4-1)6-10-18(14)9-3-7-16-12-15-17-8-11-19-15/h1-2,4-6,8,10-11,16H,3,7,9,12H2. The van der Waals surface area contributed by atoms with E-state index in [1.165, 1.54) is 10.9 Å². The van der Waals surface area contributed by atoms with Gasteiger partial charge in [0, 0.05) is 36.4 Å². The number of hydrogen-bond acceptors (Lipinski definition) is 3. The summed E-state index contributed by atoms with van der Waals surface area (Å²) in [6, 6.07) is 10.7. The molecular formula is C15H17N3S. The second-order valence-corrected chi connectivity index (χ2v) is 5.50. The lowest BCUT2D eigenvalue weighted by Crippen LogP contribution is -2.16. The van der Waals surface area contributed by atoms with Crippen molar-refractivity contribution in [3.8, 4) is 0 Å². The van der Waals surface area contributed by atoms with E-state index in [1.807, 2.05) is 11.6 Å². The van der Waals surface area contributed by atoms with E-state index in [0.29, 0.717) is 0 Å². The minimum Gasteiger partial charge on any atom is -0.347 e. The first-order valence-electron chi connectivity index (χ1n) is 6.56. The van der Waals surface area contributed by atoms with Gasteiger partial charge in [0.2, 0.25) is 0 Å². The van der Waals surface area contributed by atoms with Crippen molar-refractivity contribution in [1.29, 1.82) is 0 Å². The molecule has 2 heterocycles. The number of thiazole rings is 1. The third-order valence-electron chi connectivity index (χ3n) is 3.19. The number of nitrogens with one attached hydrogen (secondary N) is 1. The van der Waals surface area contributed by atoms with E-state index in [4.69, 9.17) is 0 Å². The lowest BCUT2D eigenvalue weighted by atomic mass is 10.2. The molecule has 0 aliphatic rings. The topological polar surface area (TPSA) is 29.9 Å². The van der Waals surface area contributed by atoms with Crippen LogP contribution in [0.25, 0.3) is 10.9 Å². The van der Waals surface area contributed by atoms with Crippen LogP contribution in [0.5, 0.6) is 0 Å². The Bertz CT molecular complexity index is 628. The Labute approximate surface area is 116 Å². The molecule has 0 saturated heterocycles. The maximum atomic E-state index is 4.26. The monoisotopic (exact) mass is 271 g/mol. The first kappa shape index (κ1) is 12.4. The Kier molecular flexibility index (Phi) is 3.91. The highest BCUT2D eigenvalue weighted by atomic mass is 32.1. The zero-order valence-electron chi connectivity index (χ0n) is 10.7. The van der Waals surface area contributed by atoms with E-state index >= 15 is 0 Å². The fourth-order valence-electron chi connectivity index (χ4n) is 2.25. The van der Waals surface area contributed by atoms with E-state index in [2.05, 4.69) is 51.4 Å². The lowest BCUT2D eigenvalue weighted by molar-refractivity contribution is 0.590. The molecule has 0 unspecified atom stereocenters. The van der Waals surface area contributed by atoms with Crippen LogP contribution in [0.4, 0.5) is 0 Å². The molecule has 3 nitrogen and oxygen atoms in total. The van der Waals surface area contributed by atoms with Crippen molar-refractivity contribution in [3.05, 3.63) is 53.1 Å². The smallest absolute Gasteiger partial charge is 0.106 e. The molecule has 0 aliphatic carbocycles. The van der Waals surface area contributed by atoms with E-state index in [1.54, 1.807) is 11.3 Å². The van der Waals surface area contributed by atoms with Gasteiger partial charge in [0.05, 0.1) is 0 Å². The van der Waals surface area contributed by atoms with E-state index in [0.717, 1.165) is 31.1 Å². The van der Waals surface area contributed by atoms with E-state index < -0.39 is 0 Å². The van der Waals surface area contributed by atoms with Crippen molar-refractivity contribution in [1.82, 2.24) is 14.9 Å². The molecule has 1 aromatic carbocycles. The van der Waals surface area contributed by atoms with E-state index in [-0.39, 0.29) is 0 Å². The molecule has 0 radical (unpaired) electrons. The Morgan fingerprint density at radius 1 is 1.21 bits per heavy atom. The molecule has 3 rings (SSSR count). The van der Waals surface area contributed by atoms with Gasteiger partial charge >= 0.3 is 0 Å². The summed E-state index contributed by atoms with van der Waals surface area (Å²) < 4.78 is 2.32. The number of fused-ring (bicyclic) bond motifs is 1. The van der Waals surface area contributed by atoms with E-state index in [9.17, 15) is 0 Å². The van der Waals surface area contributed by atoms with Crippen LogP contribution in [0, 0.1) is 0 Å². The summed E-state index contributed by atoms with van der Waals surface area (Å²) in [4.78, 5) is 4.26. The second kappa shape index (κ2) is 5.99. The van der Waals surface area contributed by atoms with Gasteiger partial charge in [0.25, 0.3) is 0 Å². The fourth-order valence-corrected chi connectivity index (χ4v) is 2.83. The molecule has 19 heavy (non-hydrogen) atoms. The van der Waals surface area contributed by atoms with Crippen LogP contribution in [-0.4, -0.2) is 16.1 Å². The Balaban J connectivity index is 1.47. The average Bonchev–Trinajstić information content (AvgIpc) is 3.08. The molecule has 0 aliphatic heterocycles. The SMILES string of the molecule is c1ccc2c(c1)ccn2CCCNCc1nccs1. The van der Waals surface area contributed by atoms with Gasteiger partial charge in [-0.1, -0.05) is 18.2 Å². The number of hydrogen-bond donors (Lipinski definition) is 1. The highest BCUT2D eigenvalue weighted by Crippen LogP contribution is 2.15. The predicted octanol–water partition coefficient (Wildman–Crippen LogP) is 3.28. The maximum absolute atomic E-state index is 4.26. The summed E-state index contributed by atoms with van der Waals surface area (Å²) in [7, 11) is 0. The third-order valence-corrected chi connectivity index (χ3v) is 3.97. The van der Waals surface area contributed by atoms with Gasteiger partial charge in [-0.05, 0) is 30.5 Å². The van der Waals surface area contributed by atoms with Crippen molar-refractivity contribution in [2.75, 3.05) is 6.54 Å². The van der Waals surface area contributed by atoms with Crippen LogP contribution in [0.3, 0.4) is 0 Å². The third kappa shape index (κ3) is 3.03. The molecule has 4 heteroatoms. The summed E-state index contributed by atoms with van der Waals surface area (Å²) in [5, 5.41) is 7.93. The highest BCUT2D eigenvalue weighted by molar-refractivity contribution is 7.09. The van der Waals surface area contributed by atoms with Gasteiger partial charge in [-0.2, -0.15) is 0 Å². The number of benzene rings is 1. The van der Waals surface area contributed by atoms with Crippen LogP contribution < -0.4 is 5.32 Å². The van der Waals surface area contributed by atoms with Crippen molar-refractivity contribution < 1.29 is 0 Å². The van der Waals surface area contributed by atoms with Gasteiger partial charge in [-0.15, -0.1) is 11.3 Å². The molecule has 0 atom stereocenters. The minimum absolute atomic E-state index is 0.879. The summed E-state index contributed by atoms with van der Waals surface area (Å²) in [5.74, 6) is 0. The Morgan fingerprint density at radius 3 is 3.05 bits per heavy atom. The summed E-state index contributed by atoms with van der Waals surface area (Å²) in [6.45, 7) is 2.95. The molecule has 0 spiro atoms. The number of nitrogens with zero attached hydrogens (tertiary/aromatic N) is 2. The molecule has 0 fully saturated rings. The summed E-state index contributed by atoms with van der Waals surface area (Å²) in [5.41, 5.74) is 1.32. The van der Waals surface area contributed by atoms with Crippen molar-refractivity contribution in [2.45, 2.75) is 19.5 Å². The zero-order valence-corrected chi connectivity index (χ0v) is 11.6. The zero-order chi connectivity index (χ0) is 12.9. The largest absolute Gasteiger partial charge is 0.347 e. The van der Waals surface area contributed by atoms with Gasteiger partial charge in [-0.25, -0.2) is 4.98 Å². The van der Waals surface area contributed by atoms with Crippen molar-refractivity contribution in [2.24, 2.45) is 0 Å². The number of para-hydroxylation sites is 1. The molecule has 98 valence electrons. The average molecular weight is 271 g/mol. The molecule has 0 saturated carbocycles. The Morgan fingerprint density at radius 2 is 2.16 bits per heavy atom. The molecule has 2 aromatic heterocycles. The van der Waals surface area contributed by atoms with Crippen LogP contribution in [0.1, 0.15) is 11.4 Å². The lowest BCUT2D eigenvalue weighted by Gasteiger charge is -2.06. The van der Waals surface area contributed by atoms with Crippen molar-refractivity contribution in [3.63, 3.8) is 0 Å². The second-order valence-electron chi connectivity index (χ2n) is 4.52. The van der Waals surface area contributed by atoms with Crippen molar-refractivity contribution >= 4 is 22.2 Å². The minimum atomic E-state index is 0.879. The number of rotatable bonds is 6. The predicted molar refractivity (Wildman–Crippen MR) is 80.4 cm³/mol. The van der Waals surface area contributed by atoms with Gasteiger partial charge in [-0.3, -0.25) is 0 Å². The molecule has 3 aromatic rings. The van der Waals surface area contributed by atoms with Gasteiger partial charge in [0.15, 0.2) is 0 Å². The van der Waals surface area contributed by atoms with Crippen LogP contribution >= 0.6 is 11.3 Å². The first-order valence-corrected chi connectivity index (χ1v) is 7.44. The normalized spacial score (nSPS) is 11.2.